The van der Waals surface area contributed by atoms with Crippen LogP contribution in [-0.2, 0) is 9.59 Å². The monoisotopic (exact) mass is 269 g/mol. The Morgan fingerprint density at radius 2 is 1.58 bits per heavy atom. The summed E-state index contributed by atoms with van der Waals surface area (Å²) in [6.45, 7) is 5.59. The Kier molecular flexibility index (Phi) is 6.89. The van der Waals surface area contributed by atoms with Crippen molar-refractivity contribution in [1.29, 1.82) is 0 Å². The van der Waals surface area contributed by atoms with E-state index in [2.05, 4.69) is 0 Å². The van der Waals surface area contributed by atoms with Crippen LogP contribution in [0.2, 0.25) is 0 Å². The Labute approximate surface area is 116 Å². The molecule has 1 amide bonds. The molecular formula is C15H27NO3. The molecular weight excluding hydrogens is 242 g/mol. The van der Waals surface area contributed by atoms with E-state index >= 15 is 0 Å². The average Bonchev–Trinajstić information content (AvgIpc) is 2.26. The number of carboxylic acids is 1. The van der Waals surface area contributed by atoms with Gasteiger partial charge in [0.2, 0.25) is 5.91 Å². The predicted octanol–water partition coefficient (Wildman–Crippen LogP) is 2.92. The Bertz CT molecular complexity index is 294. The maximum absolute atomic E-state index is 12.2. The van der Waals surface area contributed by atoms with Gasteiger partial charge < -0.3 is 10.0 Å². The van der Waals surface area contributed by atoms with E-state index in [0.717, 1.165) is 25.9 Å². The topological polar surface area (TPSA) is 57.6 Å². The molecule has 0 bridgehead atoms. The quantitative estimate of drug-likeness (QED) is 0.835. The summed E-state index contributed by atoms with van der Waals surface area (Å²) in [5.74, 6) is -1.04. The van der Waals surface area contributed by atoms with Gasteiger partial charge in [0.1, 0.15) is 0 Å². The van der Waals surface area contributed by atoms with Crippen molar-refractivity contribution in [2.45, 2.75) is 58.8 Å². The summed E-state index contributed by atoms with van der Waals surface area (Å²) in [6.07, 6.45) is 6.45. The number of carbonyl (C=O) groups is 2. The van der Waals surface area contributed by atoms with Crippen molar-refractivity contribution in [3.8, 4) is 0 Å². The van der Waals surface area contributed by atoms with E-state index in [4.69, 9.17) is 0 Å². The molecule has 4 nitrogen and oxygen atoms in total. The first kappa shape index (κ1) is 16.0. The fraction of sp³-hybridized carbons (Fsp3) is 0.867. The normalized spacial score (nSPS) is 18.8. The van der Waals surface area contributed by atoms with Crippen LogP contribution in [0.4, 0.5) is 0 Å². The van der Waals surface area contributed by atoms with E-state index < -0.39 is 11.9 Å². The van der Waals surface area contributed by atoms with Crippen LogP contribution in [0.25, 0.3) is 0 Å². The SMILES string of the molecule is CC(C)CC(CC(=O)N1CCCCCCC1)C(=O)O. The van der Waals surface area contributed by atoms with Gasteiger partial charge in [0, 0.05) is 19.5 Å². The van der Waals surface area contributed by atoms with E-state index in [1.165, 1.54) is 19.3 Å². The molecule has 1 aliphatic rings. The van der Waals surface area contributed by atoms with Gasteiger partial charge in [-0.25, -0.2) is 0 Å². The number of hydrogen-bond donors (Lipinski definition) is 1. The highest BCUT2D eigenvalue weighted by Crippen LogP contribution is 2.18. The van der Waals surface area contributed by atoms with Crippen LogP contribution in [0, 0.1) is 11.8 Å². The first-order chi connectivity index (χ1) is 9.00. The summed E-state index contributed by atoms with van der Waals surface area (Å²) in [6, 6.07) is 0. The Morgan fingerprint density at radius 1 is 1.05 bits per heavy atom. The highest BCUT2D eigenvalue weighted by molar-refractivity contribution is 5.82. The van der Waals surface area contributed by atoms with Crippen molar-refractivity contribution < 1.29 is 14.7 Å². The van der Waals surface area contributed by atoms with Crippen molar-refractivity contribution in [3.05, 3.63) is 0 Å². The molecule has 1 unspecified atom stereocenters. The van der Waals surface area contributed by atoms with Crippen LogP contribution in [0.3, 0.4) is 0 Å². The summed E-state index contributed by atoms with van der Waals surface area (Å²) >= 11 is 0. The lowest BCUT2D eigenvalue weighted by Gasteiger charge is -2.26. The maximum atomic E-state index is 12.2. The Morgan fingerprint density at radius 3 is 2.05 bits per heavy atom. The molecule has 4 heteroatoms. The van der Waals surface area contributed by atoms with E-state index in [1.807, 2.05) is 18.7 Å². The largest absolute Gasteiger partial charge is 0.481 e. The van der Waals surface area contributed by atoms with Crippen LogP contribution in [-0.4, -0.2) is 35.0 Å². The molecule has 1 heterocycles. The smallest absolute Gasteiger partial charge is 0.307 e. The maximum Gasteiger partial charge on any atom is 0.307 e. The third-order valence-electron chi connectivity index (χ3n) is 3.73. The highest BCUT2D eigenvalue weighted by Gasteiger charge is 2.25. The van der Waals surface area contributed by atoms with Crippen LogP contribution in [0.1, 0.15) is 58.8 Å². The molecule has 1 saturated heterocycles. The molecule has 1 N–H and O–H groups in total. The van der Waals surface area contributed by atoms with Gasteiger partial charge in [-0.15, -0.1) is 0 Å². The minimum Gasteiger partial charge on any atom is -0.481 e. The molecule has 0 radical (unpaired) electrons. The number of rotatable bonds is 5. The molecule has 0 aromatic carbocycles. The van der Waals surface area contributed by atoms with E-state index in [-0.39, 0.29) is 12.3 Å². The minimum absolute atomic E-state index is 0.0231. The van der Waals surface area contributed by atoms with E-state index in [9.17, 15) is 14.7 Å². The van der Waals surface area contributed by atoms with Gasteiger partial charge in [0.15, 0.2) is 0 Å². The van der Waals surface area contributed by atoms with Gasteiger partial charge in [-0.1, -0.05) is 33.1 Å². The molecule has 0 spiro atoms. The second kappa shape index (κ2) is 8.18. The molecule has 0 aliphatic carbocycles. The second-order valence-electron chi connectivity index (χ2n) is 6.02. The predicted molar refractivity (Wildman–Crippen MR) is 74.9 cm³/mol. The van der Waals surface area contributed by atoms with Gasteiger partial charge in [-0.2, -0.15) is 0 Å². The van der Waals surface area contributed by atoms with Gasteiger partial charge >= 0.3 is 5.97 Å². The van der Waals surface area contributed by atoms with Crippen molar-refractivity contribution in [3.63, 3.8) is 0 Å². The number of carbonyl (C=O) groups excluding carboxylic acids is 1. The third kappa shape index (κ3) is 6.08. The van der Waals surface area contributed by atoms with E-state index in [1.54, 1.807) is 0 Å². The van der Waals surface area contributed by atoms with Crippen molar-refractivity contribution >= 4 is 11.9 Å². The standard InChI is InChI=1S/C15H27NO3/c1-12(2)10-13(15(18)19)11-14(17)16-8-6-4-3-5-7-9-16/h12-13H,3-11H2,1-2H3,(H,18,19). The lowest BCUT2D eigenvalue weighted by molar-refractivity contribution is -0.146. The number of aliphatic carboxylic acids is 1. The molecule has 110 valence electrons. The van der Waals surface area contributed by atoms with Crippen molar-refractivity contribution in [1.82, 2.24) is 4.90 Å². The summed E-state index contributed by atoms with van der Waals surface area (Å²) in [4.78, 5) is 25.3. The fourth-order valence-corrected chi connectivity index (χ4v) is 2.68. The van der Waals surface area contributed by atoms with Gasteiger partial charge in [-0.3, -0.25) is 9.59 Å². The van der Waals surface area contributed by atoms with Crippen LogP contribution >= 0.6 is 0 Å². The number of hydrogen-bond acceptors (Lipinski definition) is 2. The molecule has 1 aliphatic heterocycles. The molecule has 0 aromatic heterocycles. The summed E-state index contributed by atoms with van der Waals surface area (Å²) in [7, 11) is 0. The van der Waals surface area contributed by atoms with Crippen molar-refractivity contribution in [2.75, 3.05) is 13.1 Å². The second-order valence-corrected chi connectivity index (χ2v) is 6.02. The lowest BCUT2D eigenvalue weighted by atomic mass is 9.93. The van der Waals surface area contributed by atoms with Crippen LogP contribution in [0.15, 0.2) is 0 Å². The van der Waals surface area contributed by atoms with Crippen molar-refractivity contribution in [2.24, 2.45) is 11.8 Å². The zero-order valence-corrected chi connectivity index (χ0v) is 12.2. The third-order valence-corrected chi connectivity index (χ3v) is 3.73. The number of carboxylic acid groups (broad SMARTS) is 1. The van der Waals surface area contributed by atoms with Crippen LogP contribution < -0.4 is 0 Å². The number of likely N-dealkylation sites (tertiary alicyclic amines) is 1. The zero-order valence-electron chi connectivity index (χ0n) is 12.2. The molecule has 0 aromatic rings. The molecule has 1 atom stereocenters. The molecule has 1 fully saturated rings. The number of nitrogens with zero attached hydrogens (tertiary/aromatic N) is 1. The lowest BCUT2D eigenvalue weighted by Crippen LogP contribution is -2.36. The first-order valence-electron chi connectivity index (χ1n) is 7.51. The van der Waals surface area contributed by atoms with Crippen LogP contribution in [0.5, 0.6) is 0 Å². The minimum atomic E-state index is -0.839. The summed E-state index contributed by atoms with van der Waals surface area (Å²) < 4.78 is 0. The first-order valence-corrected chi connectivity index (χ1v) is 7.51. The van der Waals surface area contributed by atoms with Gasteiger partial charge in [-0.05, 0) is 25.2 Å². The summed E-state index contributed by atoms with van der Waals surface area (Å²) in [5.41, 5.74) is 0. The summed E-state index contributed by atoms with van der Waals surface area (Å²) in [5, 5.41) is 9.20. The van der Waals surface area contributed by atoms with Gasteiger partial charge in [0.25, 0.3) is 0 Å². The molecule has 1 rings (SSSR count). The highest BCUT2D eigenvalue weighted by atomic mass is 16.4. The average molecular weight is 269 g/mol. The fourth-order valence-electron chi connectivity index (χ4n) is 2.68. The molecule has 0 saturated carbocycles. The zero-order chi connectivity index (χ0) is 14.3. The Hall–Kier alpha value is -1.06. The molecule has 19 heavy (non-hydrogen) atoms. The van der Waals surface area contributed by atoms with Gasteiger partial charge in [0.05, 0.1) is 5.92 Å². The Balaban J connectivity index is 2.51. The number of amides is 1. The van der Waals surface area contributed by atoms with E-state index in [0.29, 0.717) is 12.3 Å².